The second-order valence-electron chi connectivity index (χ2n) is 7.22. The highest BCUT2D eigenvalue weighted by molar-refractivity contribution is 5.32. The van der Waals surface area contributed by atoms with Crippen molar-refractivity contribution in [2.45, 2.75) is 77.9 Å². The summed E-state index contributed by atoms with van der Waals surface area (Å²) in [6.45, 7) is 7.06. The molecule has 0 saturated heterocycles. The molecule has 106 valence electrons. The van der Waals surface area contributed by atoms with Crippen molar-refractivity contribution in [3.8, 4) is 0 Å². The van der Waals surface area contributed by atoms with Crippen LogP contribution in [0, 0.1) is 12.3 Å². The Hall–Kier alpha value is -0.760. The number of aryl methyl sites for hydroxylation is 1. The van der Waals surface area contributed by atoms with E-state index in [4.69, 9.17) is 0 Å². The van der Waals surface area contributed by atoms with Crippen LogP contribution in [-0.4, -0.2) is 9.67 Å². The van der Waals surface area contributed by atoms with Crippen LogP contribution in [0.15, 0.2) is 6.07 Å². The van der Waals surface area contributed by atoms with Gasteiger partial charge >= 0.3 is 0 Å². The van der Waals surface area contributed by atoms with E-state index in [1.807, 2.05) is 0 Å². The SMILES string of the molecule is Cc1cc2c(n1C1CCCCC1(C)C)CCCC2O. The van der Waals surface area contributed by atoms with E-state index in [2.05, 4.69) is 31.4 Å². The van der Waals surface area contributed by atoms with Gasteiger partial charge in [0.05, 0.1) is 6.10 Å². The highest BCUT2D eigenvalue weighted by atomic mass is 16.3. The molecule has 0 amide bonds. The number of rotatable bonds is 1. The van der Waals surface area contributed by atoms with Gasteiger partial charge in [0.15, 0.2) is 0 Å². The summed E-state index contributed by atoms with van der Waals surface area (Å²) in [5.41, 5.74) is 4.38. The number of fused-ring (bicyclic) bond motifs is 1. The molecule has 2 heteroatoms. The lowest BCUT2D eigenvalue weighted by Crippen LogP contribution is -2.32. The van der Waals surface area contributed by atoms with Crippen molar-refractivity contribution in [3.63, 3.8) is 0 Å². The molecule has 1 fully saturated rings. The first-order chi connectivity index (χ1) is 9.00. The van der Waals surface area contributed by atoms with E-state index >= 15 is 0 Å². The largest absolute Gasteiger partial charge is 0.388 e. The van der Waals surface area contributed by atoms with Crippen LogP contribution in [-0.2, 0) is 6.42 Å². The minimum absolute atomic E-state index is 0.226. The molecule has 2 aliphatic carbocycles. The van der Waals surface area contributed by atoms with Crippen molar-refractivity contribution < 1.29 is 5.11 Å². The zero-order valence-corrected chi connectivity index (χ0v) is 12.6. The molecule has 19 heavy (non-hydrogen) atoms. The van der Waals surface area contributed by atoms with E-state index in [1.165, 1.54) is 42.6 Å². The van der Waals surface area contributed by atoms with Crippen LogP contribution in [0.4, 0.5) is 0 Å². The summed E-state index contributed by atoms with van der Waals surface area (Å²) in [5, 5.41) is 10.2. The molecule has 1 aromatic rings. The summed E-state index contributed by atoms with van der Waals surface area (Å²) in [5.74, 6) is 0. The fraction of sp³-hybridized carbons (Fsp3) is 0.765. The Kier molecular flexibility index (Phi) is 3.24. The minimum atomic E-state index is -0.226. The highest BCUT2D eigenvalue weighted by Gasteiger charge is 2.36. The van der Waals surface area contributed by atoms with Gasteiger partial charge in [0, 0.05) is 23.0 Å². The quantitative estimate of drug-likeness (QED) is 0.800. The van der Waals surface area contributed by atoms with Crippen molar-refractivity contribution in [3.05, 3.63) is 23.0 Å². The van der Waals surface area contributed by atoms with Gasteiger partial charge in [-0.05, 0) is 50.5 Å². The molecule has 0 radical (unpaired) electrons. The van der Waals surface area contributed by atoms with Gasteiger partial charge in [0.1, 0.15) is 0 Å². The summed E-state index contributed by atoms with van der Waals surface area (Å²) in [6, 6.07) is 2.86. The van der Waals surface area contributed by atoms with E-state index in [1.54, 1.807) is 0 Å². The first-order valence-corrected chi connectivity index (χ1v) is 7.89. The molecule has 1 heterocycles. The normalized spacial score (nSPS) is 30.1. The van der Waals surface area contributed by atoms with Crippen LogP contribution in [0.5, 0.6) is 0 Å². The Morgan fingerprint density at radius 2 is 2.00 bits per heavy atom. The minimum Gasteiger partial charge on any atom is -0.388 e. The van der Waals surface area contributed by atoms with Crippen LogP contribution in [0.25, 0.3) is 0 Å². The third-order valence-corrected chi connectivity index (χ3v) is 5.38. The fourth-order valence-electron chi connectivity index (χ4n) is 4.29. The summed E-state index contributed by atoms with van der Waals surface area (Å²) in [7, 11) is 0. The van der Waals surface area contributed by atoms with Gasteiger partial charge in [0.2, 0.25) is 0 Å². The van der Waals surface area contributed by atoms with Gasteiger partial charge in [0.25, 0.3) is 0 Å². The third-order valence-electron chi connectivity index (χ3n) is 5.38. The Morgan fingerprint density at radius 1 is 1.21 bits per heavy atom. The van der Waals surface area contributed by atoms with Crippen molar-refractivity contribution in [2.75, 3.05) is 0 Å². The third kappa shape index (κ3) is 2.14. The Bertz CT molecular complexity index is 472. The molecule has 1 aromatic heterocycles. The predicted octanol–water partition coefficient (Wildman–Crippen LogP) is 4.31. The molecule has 0 aliphatic heterocycles. The monoisotopic (exact) mass is 261 g/mol. The van der Waals surface area contributed by atoms with Crippen LogP contribution in [0.2, 0.25) is 0 Å². The summed E-state index contributed by atoms with van der Waals surface area (Å²) in [4.78, 5) is 0. The van der Waals surface area contributed by atoms with E-state index in [-0.39, 0.29) is 6.10 Å². The molecule has 2 unspecified atom stereocenters. The van der Waals surface area contributed by atoms with E-state index in [0.717, 1.165) is 19.3 Å². The molecular formula is C17H27NO. The molecular weight excluding hydrogens is 234 g/mol. The van der Waals surface area contributed by atoms with Gasteiger partial charge in [-0.1, -0.05) is 26.7 Å². The van der Waals surface area contributed by atoms with Crippen LogP contribution >= 0.6 is 0 Å². The number of aliphatic hydroxyl groups is 1. The van der Waals surface area contributed by atoms with Crippen molar-refractivity contribution in [1.82, 2.24) is 4.57 Å². The first kappa shape index (κ1) is 13.2. The fourth-order valence-corrected chi connectivity index (χ4v) is 4.29. The van der Waals surface area contributed by atoms with E-state index in [9.17, 15) is 5.11 Å². The van der Waals surface area contributed by atoms with Crippen LogP contribution < -0.4 is 0 Å². The van der Waals surface area contributed by atoms with Gasteiger partial charge < -0.3 is 9.67 Å². The first-order valence-electron chi connectivity index (χ1n) is 7.89. The number of hydrogen-bond donors (Lipinski definition) is 1. The average Bonchev–Trinajstić information content (AvgIpc) is 2.67. The summed E-state index contributed by atoms with van der Waals surface area (Å²) >= 11 is 0. The molecule has 0 aromatic carbocycles. The molecule has 1 N–H and O–H groups in total. The Labute approximate surface area is 116 Å². The van der Waals surface area contributed by atoms with Crippen molar-refractivity contribution in [2.24, 2.45) is 5.41 Å². The lowest BCUT2D eigenvalue weighted by molar-refractivity contribution is 0.132. The standard InChI is InChI=1S/C17H27NO/c1-12-11-13-14(7-6-8-15(13)19)18(12)16-9-4-5-10-17(16,2)3/h11,15-16,19H,4-10H2,1-3H3. The zero-order chi connectivity index (χ0) is 13.6. The molecule has 1 saturated carbocycles. The second-order valence-corrected chi connectivity index (χ2v) is 7.22. The maximum Gasteiger partial charge on any atom is 0.0807 e. The molecule has 2 nitrogen and oxygen atoms in total. The Balaban J connectivity index is 2.05. The Morgan fingerprint density at radius 3 is 2.74 bits per heavy atom. The van der Waals surface area contributed by atoms with Crippen LogP contribution in [0.1, 0.15) is 81.5 Å². The highest BCUT2D eigenvalue weighted by Crippen LogP contribution is 2.46. The summed E-state index contributed by atoms with van der Waals surface area (Å²) < 4.78 is 2.58. The topological polar surface area (TPSA) is 25.2 Å². The second kappa shape index (κ2) is 4.66. The lowest BCUT2D eigenvalue weighted by Gasteiger charge is -2.41. The molecule has 0 bridgehead atoms. The van der Waals surface area contributed by atoms with Gasteiger partial charge in [-0.3, -0.25) is 0 Å². The maximum atomic E-state index is 10.2. The van der Waals surface area contributed by atoms with Gasteiger partial charge in [-0.2, -0.15) is 0 Å². The van der Waals surface area contributed by atoms with E-state index < -0.39 is 0 Å². The summed E-state index contributed by atoms with van der Waals surface area (Å²) in [6.07, 6.45) is 8.33. The average molecular weight is 261 g/mol. The lowest BCUT2D eigenvalue weighted by atomic mass is 9.73. The van der Waals surface area contributed by atoms with Crippen LogP contribution in [0.3, 0.4) is 0 Å². The van der Waals surface area contributed by atoms with Gasteiger partial charge in [-0.15, -0.1) is 0 Å². The number of aliphatic hydroxyl groups excluding tert-OH is 1. The molecule has 3 rings (SSSR count). The zero-order valence-electron chi connectivity index (χ0n) is 12.6. The smallest absolute Gasteiger partial charge is 0.0807 e. The predicted molar refractivity (Wildman–Crippen MR) is 78.4 cm³/mol. The number of aromatic nitrogens is 1. The van der Waals surface area contributed by atoms with Crippen molar-refractivity contribution in [1.29, 1.82) is 0 Å². The number of nitrogens with zero attached hydrogens (tertiary/aromatic N) is 1. The molecule has 2 aliphatic rings. The number of hydrogen-bond acceptors (Lipinski definition) is 1. The van der Waals surface area contributed by atoms with Gasteiger partial charge in [-0.25, -0.2) is 0 Å². The van der Waals surface area contributed by atoms with Crippen molar-refractivity contribution >= 4 is 0 Å². The molecule has 0 spiro atoms. The maximum absolute atomic E-state index is 10.2. The molecule has 2 atom stereocenters. The van der Waals surface area contributed by atoms with E-state index in [0.29, 0.717) is 11.5 Å².